The summed E-state index contributed by atoms with van der Waals surface area (Å²) in [5, 5.41) is 16.7. The fourth-order valence-corrected chi connectivity index (χ4v) is 3.35. The monoisotopic (exact) mass is 412 g/mol. The summed E-state index contributed by atoms with van der Waals surface area (Å²) in [6.07, 6.45) is -0.0740. The van der Waals surface area contributed by atoms with Gasteiger partial charge in [0.05, 0.1) is 43.4 Å². The van der Waals surface area contributed by atoms with Crippen LogP contribution < -0.4 is 19.9 Å². The van der Waals surface area contributed by atoms with Crippen LogP contribution in [0.5, 0.6) is 17.4 Å². The van der Waals surface area contributed by atoms with Crippen molar-refractivity contribution < 1.29 is 23.7 Å². The number of methoxy groups -OCH3 is 1. The molecular formula is C21H24N4O5. The molecule has 2 heterocycles. The predicted molar refractivity (Wildman–Crippen MR) is 107 cm³/mol. The van der Waals surface area contributed by atoms with Gasteiger partial charge in [0, 0.05) is 0 Å². The van der Waals surface area contributed by atoms with E-state index >= 15 is 0 Å². The van der Waals surface area contributed by atoms with E-state index < -0.39 is 11.9 Å². The number of aromatic nitrogens is 2. The highest BCUT2D eigenvalue weighted by Gasteiger charge is 2.36. The summed E-state index contributed by atoms with van der Waals surface area (Å²) >= 11 is 0. The van der Waals surface area contributed by atoms with Crippen molar-refractivity contribution in [2.24, 2.45) is 5.73 Å². The van der Waals surface area contributed by atoms with Crippen LogP contribution in [0.4, 0.5) is 0 Å². The van der Waals surface area contributed by atoms with Crippen molar-refractivity contribution >= 4 is 5.97 Å². The Bertz CT molecular complexity index is 1020. The number of nitrogens with two attached hydrogens (primary N) is 1. The second-order valence-electron chi connectivity index (χ2n) is 6.90. The Morgan fingerprint density at radius 2 is 2.17 bits per heavy atom. The third-order valence-electron chi connectivity index (χ3n) is 4.53. The van der Waals surface area contributed by atoms with E-state index in [0.29, 0.717) is 22.8 Å². The van der Waals surface area contributed by atoms with Gasteiger partial charge in [0.1, 0.15) is 11.6 Å². The molecule has 9 nitrogen and oxygen atoms in total. The SMILES string of the molecule is CCOC(=O)Cc1[nH]nc2c1[C@@H](c1ccc(OC(C)C)c(OC)c1)C(C#N)=C(N)O2. The summed E-state index contributed by atoms with van der Waals surface area (Å²) in [7, 11) is 1.54. The van der Waals surface area contributed by atoms with E-state index in [-0.39, 0.29) is 36.5 Å². The number of nitrogens with one attached hydrogen (secondary N) is 1. The number of nitrogens with zero attached hydrogens (tertiary/aromatic N) is 2. The predicted octanol–water partition coefficient (Wildman–Crippen LogP) is 2.53. The van der Waals surface area contributed by atoms with E-state index in [1.165, 1.54) is 0 Å². The molecule has 0 spiro atoms. The molecule has 0 amide bonds. The molecule has 0 radical (unpaired) electrons. The van der Waals surface area contributed by atoms with Crippen molar-refractivity contribution in [1.82, 2.24) is 10.2 Å². The lowest BCUT2D eigenvalue weighted by Gasteiger charge is -2.25. The molecule has 0 aliphatic carbocycles. The van der Waals surface area contributed by atoms with Crippen molar-refractivity contribution in [2.45, 2.75) is 39.2 Å². The van der Waals surface area contributed by atoms with E-state index in [1.807, 2.05) is 19.9 Å². The molecule has 9 heteroatoms. The molecule has 1 atom stereocenters. The quantitative estimate of drug-likeness (QED) is 0.663. The molecular weight excluding hydrogens is 388 g/mol. The summed E-state index contributed by atoms with van der Waals surface area (Å²) < 4.78 is 21.8. The third-order valence-corrected chi connectivity index (χ3v) is 4.53. The molecule has 158 valence electrons. The van der Waals surface area contributed by atoms with Crippen LogP contribution in [-0.4, -0.2) is 36.0 Å². The number of rotatable bonds is 7. The highest BCUT2D eigenvalue weighted by molar-refractivity contribution is 5.73. The third kappa shape index (κ3) is 4.03. The molecule has 0 saturated heterocycles. The first-order chi connectivity index (χ1) is 14.4. The average molecular weight is 412 g/mol. The zero-order chi connectivity index (χ0) is 21.8. The molecule has 0 unspecified atom stereocenters. The van der Waals surface area contributed by atoms with Crippen LogP contribution in [0.25, 0.3) is 0 Å². The highest BCUT2D eigenvalue weighted by Crippen LogP contribution is 2.44. The summed E-state index contributed by atoms with van der Waals surface area (Å²) in [6, 6.07) is 7.51. The maximum absolute atomic E-state index is 12.1. The Balaban J connectivity index is 2.11. The molecule has 3 N–H and O–H groups in total. The fourth-order valence-electron chi connectivity index (χ4n) is 3.35. The second kappa shape index (κ2) is 8.78. The number of fused-ring (bicyclic) bond motifs is 1. The first-order valence-electron chi connectivity index (χ1n) is 9.54. The number of hydrogen-bond acceptors (Lipinski definition) is 8. The molecule has 0 bridgehead atoms. The average Bonchev–Trinajstić information content (AvgIpc) is 3.08. The Morgan fingerprint density at radius 3 is 2.80 bits per heavy atom. The molecule has 1 aliphatic heterocycles. The van der Waals surface area contributed by atoms with E-state index in [2.05, 4.69) is 16.3 Å². The Kier molecular flexibility index (Phi) is 6.16. The minimum atomic E-state index is -0.594. The number of carbonyl (C=O) groups excluding carboxylic acids is 1. The maximum Gasteiger partial charge on any atom is 0.311 e. The number of allylic oxidation sites excluding steroid dienone is 1. The normalized spacial score (nSPS) is 15.3. The van der Waals surface area contributed by atoms with Gasteiger partial charge in [0.15, 0.2) is 11.5 Å². The van der Waals surface area contributed by atoms with Crippen molar-refractivity contribution in [3.8, 4) is 23.4 Å². The Hall–Kier alpha value is -3.67. The van der Waals surface area contributed by atoms with Gasteiger partial charge in [-0.25, -0.2) is 0 Å². The van der Waals surface area contributed by atoms with Crippen LogP contribution in [-0.2, 0) is 16.0 Å². The second-order valence-corrected chi connectivity index (χ2v) is 6.90. The zero-order valence-electron chi connectivity index (χ0n) is 17.3. The first kappa shape index (κ1) is 21.0. The smallest absolute Gasteiger partial charge is 0.311 e. The molecule has 2 aromatic rings. The molecule has 1 aromatic carbocycles. The lowest BCUT2D eigenvalue weighted by molar-refractivity contribution is -0.142. The molecule has 1 aromatic heterocycles. The number of carbonyl (C=O) groups is 1. The van der Waals surface area contributed by atoms with Crippen LogP contribution >= 0.6 is 0 Å². The summed E-state index contributed by atoms with van der Waals surface area (Å²) in [6.45, 7) is 5.83. The molecule has 1 aliphatic rings. The van der Waals surface area contributed by atoms with E-state index in [1.54, 1.807) is 26.2 Å². The van der Waals surface area contributed by atoms with Crippen LogP contribution in [0.1, 0.15) is 43.5 Å². The fraction of sp³-hybridized carbons (Fsp3) is 0.381. The van der Waals surface area contributed by atoms with Crippen LogP contribution in [0.15, 0.2) is 29.7 Å². The zero-order valence-corrected chi connectivity index (χ0v) is 17.3. The number of ether oxygens (including phenoxy) is 4. The van der Waals surface area contributed by atoms with Crippen molar-refractivity contribution in [2.75, 3.05) is 13.7 Å². The lowest BCUT2D eigenvalue weighted by Crippen LogP contribution is -2.22. The number of benzene rings is 1. The van der Waals surface area contributed by atoms with Crippen LogP contribution in [0.3, 0.4) is 0 Å². The minimum Gasteiger partial charge on any atom is -0.493 e. The van der Waals surface area contributed by atoms with Gasteiger partial charge in [-0.3, -0.25) is 9.89 Å². The van der Waals surface area contributed by atoms with Gasteiger partial charge >= 0.3 is 5.97 Å². The summed E-state index contributed by atoms with van der Waals surface area (Å²) in [4.78, 5) is 12.1. The Morgan fingerprint density at radius 1 is 1.40 bits per heavy atom. The van der Waals surface area contributed by atoms with E-state index in [0.717, 1.165) is 5.56 Å². The van der Waals surface area contributed by atoms with E-state index in [9.17, 15) is 10.1 Å². The van der Waals surface area contributed by atoms with Gasteiger partial charge in [-0.15, -0.1) is 5.10 Å². The first-order valence-corrected chi connectivity index (χ1v) is 9.54. The minimum absolute atomic E-state index is 0.0327. The Labute approximate surface area is 174 Å². The van der Waals surface area contributed by atoms with Crippen LogP contribution in [0.2, 0.25) is 0 Å². The van der Waals surface area contributed by atoms with Gasteiger partial charge in [-0.05, 0) is 38.5 Å². The highest BCUT2D eigenvalue weighted by atomic mass is 16.5. The van der Waals surface area contributed by atoms with Crippen LogP contribution in [0, 0.1) is 11.3 Å². The lowest BCUT2D eigenvalue weighted by atomic mass is 9.83. The van der Waals surface area contributed by atoms with Gasteiger partial charge in [-0.2, -0.15) is 5.26 Å². The largest absolute Gasteiger partial charge is 0.493 e. The van der Waals surface area contributed by atoms with Gasteiger partial charge < -0.3 is 24.7 Å². The van der Waals surface area contributed by atoms with E-state index in [4.69, 9.17) is 24.7 Å². The van der Waals surface area contributed by atoms with Crippen molar-refractivity contribution in [1.29, 1.82) is 5.26 Å². The number of hydrogen-bond donors (Lipinski definition) is 2. The molecule has 0 saturated carbocycles. The van der Waals surface area contributed by atoms with Gasteiger partial charge in [0.25, 0.3) is 0 Å². The number of aromatic amines is 1. The van der Waals surface area contributed by atoms with Gasteiger partial charge in [0.2, 0.25) is 11.8 Å². The molecule has 30 heavy (non-hydrogen) atoms. The number of esters is 1. The summed E-state index contributed by atoms with van der Waals surface area (Å²) in [5.74, 6) is 0.271. The number of H-pyrrole nitrogens is 1. The topological polar surface area (TPSA) is 132 Å². The number of nitriles is 1. The molecule has 0 fully saturated rings. The van der Waals surface area contributed by atoms with Gasteiger partial charge in [-0.1, -0.05) is 6.07 Å². The maximum atomic E-state index is 12.1. The summed E-state index contributed by atoms with van der Waals surface area (Å²) in [5.41, 5.74) is 7.99. The molecule has 3 rings (SSSR count). The van der Waals surface area contributed by atoms with Crippen molar-refractivity contribution in [3.05, 3.63) is 46.5 Å². The standard InChI is InChI=1S/C21H24N4O5/c1-5-28-17(26)9-14-19-18(13(10-22)20(23)30-21(19)25-24-14)12-6-7-15(29-11(2)3)16(8-12)27-4/h6-8,11,18H,5,9,23H2,1-4H3,(H,24,25)/t18-/m0/s1. The van der Waals surface area contributed by atoms with Crippen molar-refractivity contribution in [3.63, 3.8) is 0 Å².